The van der Waals surface area contributed by atoms with Gasteiger partial charge in [-0.15, -0.1) is 0 Å². The minimum Gasteiger partial charge on any atom is -0.378 e. The van der Waals surface area contributed by atoms with Crippen molar-refractivity contribution in [2.45, 2.75) is 11.8 Å². The molecule has 2 aromatic rings. The average Bonchev–Trinajstić information content (AvgIpc) is 2.76. The van der Waals surface area contributed by atoms with Gasteiger partial charge in [0.05, 0.1) is 18.1 Å². The van der Waals surface area contributed by atoms with Gasteiger partial charge < -0.3 is 14.5 Å². The predicted octanol–water partition coefficient (Wildman–Crippen LogP) is 1.41. The van der Waals surface area contributed by atoms with E-state index in [1.807, 2.05) is 17.9 Å². The van der Waals surface area contributed by atoms with Crippen LogP contribution in [0.3, 0.4) is 0 Å². The zero-order valence-corrected chi connectivity index (χ0v) is 17.4. The van der Waals surface area contributed by atoms with Crippen molar-refractivity contribution in [2.24, 2.45) is 0 Å². The van der Waals surface area contributed by atoms with E-state index in [1.165, 1.54) is 4.31 Å². The Bertz CT molecular complexity index is 1020. The summed E-state index contributed by atoms with van der Waals surface area (Å²) in [6.07, 6.45) is 0. The Morgan fingerprint density at radius 3 is 2.27 bits per heavy atom. The summed E-state index contributed by atoms with van der Waals surface area (Å²) in [5.74, 6) is -0.866. The zero-order chi connectivity index (χ0) is 21.3. The van der Waals surface area contributed by atoms with E-state index in [0.717, 1.165) is 42.8 Å². The lowest BCUT2D eigenvalue weighted by Crippen LogP contribution is -2.49. The number of sulfonamides is 1. The Labute approximate surface area is 174 Å². The van der Waals surface area contributed by atoms with Gasteiger partial charge in [0.25, 0.3) is 0 Å². The predicted molar refractivity (Wildman–Crippen MR) is 107 cm³/mol. The second kappa shape index (κ2) is 8.40. The molecule has 0 aliphatic carbocycles. The molecule has 0 spiro atoms. The van der Waals surface area contributed by atoms with Crippen molar-refractivity contribution in [3.63, 3.8) is 0 Å². The summed E-state index contributed by atoms with van der Waals surface area (Å²) in [5, 5.41) is 0. The first-order valence-corrected chi connectivity index (χ1v) is 11.2. The number of morpholine rings is 1. The van der Waals surface area contributed by atoms with Crippen LogP contribution < -0.4 is 9.80 Å². The Balaban J connectivity index is 1.48. The lowest BCUT2D eigenvalue weighted by atomic mass is 10.3. The molecule has 2 aliphatic rings. The van der Waals surface area contributed by atoms with Crippen LogP contribution >= 0.6 is 0 Å². The van der Waals surface area contributed by atoms with Gasteiger partial charge >= 0.3 is 0 Å². The summed E-state index contributed by atoms with van der Waals surface area (Å²) < 4.78 is 58.9. The summed E-state index contributed by atoms with van der Waals surface area (Å²) >= 11 is 0. The third kappa shape index (κ3) is 4.23. The minimum absolute atomic E-state index is 0.220. The van der Waals surface area contributed by atoms with Gasteiger partial charge in [-0.1, -0.05) is 0 Å². The molecular weight excluding hydrogens is 416 g/mol. The number of hydrogen-bond donors (Lipinski definition) is 0. The number of benzene rings is 1. The molecule has 8 nitrogen and oxygen atoms in total. The molecule has 11 heteroatoms. The molecular formula is C19H23F2N5O3S. The maximum Gasteiger partial charge on any atom is 0.243 e. The molecule has 3 heterocycles. The monoisotopic (exact) mass is 439 g/mol. The fourth-order valence-corrected chi connectivity index (χ4v) is 4.98. The van der Waals surface area contributed by atoms with Crippen LogP contribution in [-0.2, 0) is 14.8 Å². The second-order valence-electron chi connectivity index (χ2n) is 7.23. The van der Waals surface area contributed by atoms with E-state index in [4.69, 9.17) is 4.74 Å². The maximum atomic E-state index is 13.5. The van der Waals surface area contributed by atoms with E-state index in [2.05, 4.69) is 14.9 Å². The van der Waals surface area contributed by atoms with Crippen molar-refractivity contribution < 1.29 is 21.9 Å². The molecule has 0 N–H and O–H groups in total. The standard InChI is InChI=1S/C19H23F2N5O3S/c1-14-12-18(23-19(22-14)25-8-10-29-11-9-25)24-4-6-26(7-5-24)30(27,28)15-2-3-16(20)17(21)13-15/h2-3,12-13H,4-11H2,1H3. The molecule has 0 unspecified atom stereocenters. The first-order chi connectivity index (χ1) is 14.3. The van der Waals surface area contributed by atoms with Crippen LogP contribution in [0.25, 0.3) is 0 Å². The smallest absolute Gasteiger partial charge is 0.243 e. The number of anilines is 2. The van der Waals surface area contributed by atoms with Gasteiger partial charge in [0.1, 0.15) is 5.82 Å². The summed E-state index contributed by atoms with van der Waals surface area (Å²) in [4.78, 5) is 13.0. The molecule has 30 heavy (non-hydrogen) atoms. The van der Waals surface area contributed by atoms with Crippen molar-refractivity contribution in [1.29, 1.82) is 0 Å². The SMILES string of the molecule is Cc1cc(N2CCN(S(=O)(=O)c3ccc(F)c(F)c3)CC2)nc(N2CCOCC2)n1. The van der Waals surface area contributed by atoms with E-state index in [0.29, 0.717) is 32.3 Å². The molecule has 2 fully saturated rings. The zero-order valence-electron chi connectivity index (χ0n) is 16.6. The molecule has 0 bridgehead atoms. The molecule has 2 saturated heterocycles. The first kappa shape index (κ1) is 20.9. The third-order valence-corrected chi connectivity index (χ3v) is 7.11. The lowest BCUT2D eigenvalue weighted by Gasteiger charge is -2.35. The highest BCUT2D eigenvalue weighted by atomic mass is 32.2. The average molecular weight is 439 g/mol. The van der Waals surface area contributed by atoms with Crippen LogP contribution in [0.15, 0.2) is 29.2 Å². The summed E-state index contributed by atoms with van der Waals surface area (Å²) in [6, 6.07) is 4.51. The number of aromatic nitrogens is 2. The van der Waals surface area contributed by atoms with Crippen LogP contribution in [0, 0.1) is 18.6 Å². The van der Waals surface area contributed by atoms with Crippen LogP contribution in [0.2, 0.25) is 0 Å². The van der Waals surface area contributed by atoms with Crippen LogP contribution in [0.5, 0.6) is 0 Å². The first-order valence-electron chi connectivity index (χ1n) is 9.73. The molecule has 0 amide bonds. The van der Waals surface area contributed by atoms with E-state index in [1.54, 1.807) is 0 Å². The van der Waals surface area contributed by atoms with Gasteiger partial charge in [0.2, 0.25) is 16.0 Å². The summed E-state index contributed by atoms with van der Waals surface area (Å²) in [7, 11) is -3.90. The molecule has 1 aromatic heterocycles. The highest BCUT2D eigenvalue weighted by molar-refractivity contribution is 7.89. The number of aryl methyl sites for hydroxylation is 1. The van der Waals surface area contributed by atoms with Gasteiger partial charge in [-0.05, 0) is 25.1 Å². The van der Waals surface area contributed by atoms with E-state index in [-0.39, 0.29) is 18.0 Å². The van der Waals surface area contributed by atoms with Crippen molar-refractivity contribution in [2.75, 3.05) is 62.3 Å². The fraction of sp³-hybridized carbons (Fsp3) is 0.474. The molecule has 162 valence electrons. The Hall–Kier alpha value is -2.37. The number of rotatable bonds is 4. The number of hydrogen-bond acceptors (Lipinski definition) is 7. The Morgan fingerprint density at radius 2 is 1.60 bits per heavy atom. The highest BCUT2D eigenvalue weighted by Crippen LogP contribution is 2.23. The fourth-order valence-electron chi connectivity index (χ4n) is 3.55. The number of piperazine rings is 1. The summed E-state index contributed by atoms with van der Waals surface area (Å²) in [6.45, 7) is 5.92. The number of halogens is 2. The quantitative estimate of drug-likeness (QED) is 0.713. The van der Waals surface area contributed by atoms with Gasteiger partial charge in [0.15, 0.2) is 11.6 Å². The van der Waals surface area contributed by atoms with E-state index < -0.39 is 21.7 Å². The minimum atomic E-state index is -3.90. The highest BCUT2D eigenvalue weighted by Gasteiger charge is 2.30. The molecule has 2 aliphatic heterocycles. The molecule has 1 aromatic carbocycles. The van der Waals surface area contributed by atoms with E-state index in [9.17, 15) is 17.2 Å². The third-order valence-electron chi connectivity index (χ3n) is 5.21. The van der Waals surface area contributed by atoms with Crippen LogP contribution in [0.1, 0.15) is 5.69 Å². The number of nitrogens with zero attached hydrogens (tertiary/aromatic N) is 5. The second-order valence-corrected chi connectivity index (χ2v) is 9.17. The summed E-state index contributed by atoms with van der Waals surface area (Å²) in [5.41, 5.74) is 0.832. The van der Waals surface area contributed by atoms with Crippen LogP contribution in [-0.4, -0.2) is 75.2 Å². The van der Waals surface area contributed by atoms with Crippen molar-refractivity contribution in [3.05, 3.63) is 41.6 Å². The maximum absolute atomic E-state index is 13.5. The molecule has 4 rings (SSSR count). The molecule has 0 atom stereocenters. The normalized spacial score (nSPS) is 18.6. The van der Waals surface area contributed by atoms with Crippen LogP contribution in [0.4, 0.5) is 20.5 Å². The lowest BCUT2D eigenvalue weighted by molar-refractivity contribution is 0.122. The topological polar surface area (TPSA) is 78.9 Å². The van der Waals surface area contributed by atoms with E-state index >= 15 is 0 Å². The van der Waals surface area contributed by atoms with Gasteiger partial charge in [0, 0.05) is 51.0 Å². The van der Waals surface area contributed by atoms with Gasteiger partial charge in [-0.2, -0.15) is 9.29 Å². The Kier molecular flexibility index (Phi) is 5.85. The molecule has 0 radical (unpaired) electrons. The van der Waals surface area contributed by atoms with Crippen molar-refractivity contribution in [3.8, 4) is 0 Å². The van der Waals surface area contributed by atoms with Crippen molar-refractivity contribution >= 4 is 21.8 Å². The van der Waals surface area contributed by atoms with Gasteiger partial charge in [-0.3, -0.25) is 0 Å². The van der Waals surface area contributed by atoms with Crippen molar-refractivity contribution in [1.82, 2.24) is 14.3 Å². The van der Waals surface area contributed by atoms with Gasteiger partial charge in [-0.25, -0.2) is 22.2 Å². The number of ether oxygens (including phenoxy) is 1. The largest absolute Gasteiger partial charge is 0.378 e. The molecule has 0 saturated carbocycles. The Morgan fingerprint density at radius 1 is 0.900 bits per heavy atom.